The Morgan fingerprint density at radius 2 is 0.794 bits per heavy atom. The van der Waals surface area contributed by atoms with Gasteiger partial charge in [-0.3, -0.25) is 4.79 Å². The van der Waals surface area contributed by atoms with Crippen LogP contribution in [0.3, 0.4) is 0 Å². The van der Waals surface area contributed by atoms with E-state index in [0.717, 1.165) is 25.7 Å². The molecule has 0 aromatic rings. The SMILES string of the molecule is CCCCCCCC/C=C\CCCCCCCCOCC(OCCCCCCCC/C=C\CCCCCCCCC)C(=O)NCCOCCOCCOCCNC(=O)OC(C)(C)C. The molecule has 0 saturated heterocycles. The molecule has 1 unspecified atom stereocenters. The Bertz CT molecular complexity index is 1020. The number of unbranched alkanes of at least 4 members (excludes halogenated alkanes) is 25. The van der Waals surface area contributed by atoms with E-state index in [-0.39, 0.29) is 12.5 Å². The Morgan fingerprint density at radius 3 is 1.22 bits per heavy atom. The molecule has 1 atom stereocenters. The number of carbonyl (C=O) groups is 2. The van der Waals surface area contributed by atoms with E-state index in [1.807, 2.05) is 20.8 Å². The third-order valence-electron chi connectivity index (χ3n) is 10.8. The van der Waals surface area contributed by atoms with Crippen LogP contribution in [0.2, 0.25) is 0 Å². The number of amides is 2. The summed E-state index contributed by atoms with van der Waals surface area (Å²) in [4.78, 5) is 24.7. The number of ether oxygens (including phenoxy) is 6. The molecule has 0 aliphatic rings. The minimum Gasteiger partial charge on any atom is -0.444 e. The maximum Gasteiger partial charge on any atom is 0.407 e. The second kappa shape index (κ2) is 49.5. The molecule has 0 aliphatic heterocycles. The van der Waals surface area contributed by atoms with Crippen molar-refractivity contribution in [2.75, 3.05) is 72.6 Å². The summed E-state index contributed by atoms with van der Waals surface area (Å²) in [6.45, 7) is 14.8. The minimum atomic E-state index is -0.616. The molecule has 10 nitrogen and oxygen atoms in total. The summed E-state index contributed by atoms with van der Waals surface area (Å²) >= 11 is 0. The van der Waals surface area contributed by atoms with E-state index in [1.165, 1.54) is 161 Å². The lowest BCUT2D eigenvalue weighted by Crippen LogP contribution is -2.41. The van der Waals surface area contributed by atoms with E-state index in [1.54, 1.807) is 0 Å². The molecule has 63 heavy (non-hydrogen) atoms. The van der Waals surface area contributed by atoms with Crippen LogP contribution in [0.1, 0.15) is 221 Å². The number of hydrogen-bond acceptors (Lipinski definition) is 8. The lowest BCUT2D eigenvalue weighted by molar-refractivity contribution is -0.137. The Morgan fingerprint density at radius 1 is 0.429 bits per heavy atom. The minimum absolute atomic E-state index is 0.144. The first-order valence-corrected chi connectivity index (χ1v) is 26.3. The number of carbonyl (C=O) groups excluding carboxylic acids is 2. The first-order chi connectivity index (χ1) is 30.8. The van der Waals surface area contributed by atoms with Crippen LogP contribution in [0.4, 0.5) is 4.79 Å². The van der Waals surface area contributed by atoms with E-state index in [2.05, 4.69) is 48.8 Å². The van der Waals surface area contributed by atoms with Crippen LogP contribution >= 0.6 is 0 Å². The van der Waals surface area contributed by atoms with E-state index < -0.39 is 17.8 Å². The molecule has 10 heteroatoms. The highest BCUT2D eigenvalue weighted by Gasteiger charge is 2.19. The second-order valence-electron chi connectivity index (χ2n) is 18.2. The van der Waals surface area contributed by atoms with Crippen molar-refractivity contribution < 1.29 is 38.0 Å². The summed E-state index contributed by atoms with van der Waals surface area (Å²) in [7, 11) is 0. The van der Waals surface area contributed by atoms with Gasteiger partial charge in [0, 0.05) is 26.3 Å². The molecule has 0 aromatic heterocycles. The van der Waals surface area contributed by atoms with E-state index in [9.17, 15) is 9.59 Å². The summed E-state index contributed by atoms with van der Waals surface area (Å²) in [5, 5.41) is 5.63. The van der Waals surface area contributed by atoms with Crippen LogP contribution in [-0.4, -0.2) is 96.3 Å². The van der Waals surface area contributed by atoms with Crippen LogP contribution in [0.15, 0.2) is 24.3 Å². The highest BCUT2D eigenvalue weighted by Crippen LogP contribution is 2.13. The van der Waals surface area contributed by atoms with Gasteiger partial charge in [0.2, 0.25) is 0 Å². The molecule has 0 aliphatic carbocycles. The fraction of sp³-hybridized carbons (Fsp3) is 0.887. The monoisotopic (exact) mass is 895 g/mol. The zero-order valence-corrected chi connectivity index (χ0v) is 41.9. The van der Waals surface area contributed by atoms with Crippen LogP contribution in [0, 0.1) is 0 Å². The summed E-state index contributed by atoms with van der Waals surface area (Å²) < 4.78 is 34.0. The first-order valence-electron chi connectivity index (χ1n) is 26.3. The van der Waals surface area contributed by atoms with Gasteiger partial charge in [0.15, 0.2) is 6.10 Å². The van der Waals surface area contributed by atoms with Gasteiger partial charge in [-0.25, -0.2) is 4.79 Å². The van der Waals surface area contributed by atoms with Crippen LogP contribution < -0.4 is 10.6 Å². The molecule has 0 rings (SSSR count). The largest absolute Gasteiger partial charge is 0.444 e. The van der Waals surface area contributed by atoms with E-state index >= 15 is 0 Å². The Kier molecular flexibility index (Phi) is 47.9. The number of hydrogen-bond donors (Lipinski definition) is 2. The predicted octanol–water partition coefficient (Wildman–Crippen LogP) is 13.5. The van der Waals surface area contributed by atoms with Gasteiger partial charge in [-0.1, -0.05) is 160 Å². The molecule has 0 saturated carbocycles. The molecule has 2 amide bonds. The molecular weight excluding hydrogens is 793 g/mol. The van der Waals surface area contributed by atoms with Gasteiger partial charge in [0.25, 0.3) is 5.91 Å². The van der Waals surface area contributed by atoms with Gasteiger partial charge in [0.05, 0.1) is 46.2 Å². The number of nitrogens with one attached hydrogen (secondary N) is 2. The van der Waals surface area contributed by atoms with Gasteiger partial charge >= 0.3 is 6.09 Å². The average Bonchev–Trinajstić information content (AvgIpc) is 3.25. The number of rotatable bonds is 49. The number of alkyl carbamates (subject to hydrolysis) is 1. The lowest BCUT2D eigenvalue weighted by atomic mass is 10.1. The second-order valence-corrected chi connectivity index (χ2v) is 18.2. The smallest absolute Gasteiger partial charge is 0.407 e. The molecule has 0 bridgehead atoms. The van der Waals surface area contributed by atoms with Crippen molar-refractivity contribution in [2.45, 2.75) is 233 Å². The van der Waals surface area contributed by atoms with Crippen molar-refractivity contribution in [3.63, 3.8) is 0 Å². The van der Waals surface area contributed by atoms with Crippen LogP contribution in [0.5, 0.6) is 0 Å². The zero-order chi connectivity index (χ0) is 46.0. The molecule has 0 aromatic carbocycles. The maximum atomic E-state index is 13.1. The van der Waals surface area contributed by atoms with E-state index in [4.69, 9.17) is 28.4 Å². The molecule has 2 N–H and O–H groups in total. The van der Waals surface area contributed by atoms with Gasteiger partial charge in [-0.15, -0.1) is 0 Å². The highest BCUT2D eigenvalue weighted by atomic mass is 16.6. The van der Waals surface area contributed by atoms with Crippen LogP contribution in [-0.2, 0) is 33.2 Å². The Hall–Kier alpha value is -1.98. The summed E-state index contributed by atoms with van der Waals surface area (Å²) in [6.07, 6.45) is 45.5. The van der Waals surface area contributed by atoms with Gasteiger partial charge in [0.1, 0.15) is 5.60 Å². The quantitative estimate of drug-likeness (QED) is 0.0459. The average molecular weight is 895 g/mol. The lowest BCUT2D eigenvalue weighted by Gasteiger charge is -2.19. The van der Waals surface area contributed by atoms with Crippen LogP contribution in [0.25, 0.3) is 0 Å². The van der Waals surface area contributed by atoms with Crippen molar-refractivity contribution in [1.29, 1.82) is 0 Å². The topological polar surface area (TPSA) is 114 Å². The molecule has 0 fully saturated rings. The maximum absolute atomic E-state index is 13.1. The first kappa shape index (κ1) is 61.0. The Balaban J connectivity index is 4.20. The summed E-state index contributed by atoms with van der Waals surface area (Å²) in [5.41, 5.74) is -0.523. The fourth-order valence-corrected chi connectivity index (χ4v) is 7.04. The molecule has 372 valence electrons. The van der Waals surface area contributed by atoms with Crippen molar-refractivity contribution in [1.82, 2.24) is 10.6 Å². The van der Waals surface area contributed by atoms with Crippen molar-refractivity contribution in [3.05, 3.63) is 24.3 Å². The third-order valence-corrected chi connectivity index (χ3v) is 10.8. The Labute approximate surface area is 388 Å². The molecule has 0 radical (unpaired) electrons. The normalized spacial score (nSPS) is 12.5. The zero-order valence-electron chi connectivity index (χ0n) is 41.9. The third kappa shape index (κ3) is 50.9. The van der Waals surface area contributed by atoms with Gasteiger partial charge in [-0.05, 0) is 85.0 Å². The predicted molar refractivity (Wildman–Crippen MR) is 264 cm³/mol. The summed E-state index contributed by atoms with van der Waals surface area (Å²) in [6, 6.07) is 0. The summed E-state index contributed by atoms with van der Waals surface area (Å²) in [5.74, 6) is -0.144. The number of allylic oxidation sites excluding steroid dienone is 4. The highest BCUT2D eigenvalue weighted by molar-refractivity contribution is 5.80. The molecule has 0 heterocycles. The molecular formula is C53H102N2O8. The fourth-order valence-electron chi connectivity index (χ4n) is 7.04. The van der Waals surface area contributed by atoms with Crippen molar-refractivity contribution >= 4 is 12.0 Å². The van der Waals surface area contributed by atoms with Crippen molar-refractivity contribution in [3.8, 4) is 0 Å². The van der Waals surface area contributed by atoms with E-state index in [0.29, 0.717) is 65.9 Å². The van der Waals surface area contributed by atoms with Gasteiger partial charge in [-0.2, -0.15) is 0 Å². The van der Waals surface area contributed by atoms with Gasteiger partial charge < -0.3 is 39.1 Å². The van der Waals surface area contributed by atoms with Crippen molar-refractivity contribution in [2.24, 2.45) is 0 Å². The molecule has 0 spiro atoms. The standard InChI is InChI=1S/C53H102N2O8/c1-6-8-10-12-14-16-18-20-22-24-26-28-30-32-34-36-38-42-62-50(49-61-41-37-35-33-31-29-27-25-23-21-19-17-15-13-11-9-7-2)51(56)54-39-43-58-45-47-60-48-46-59-44-40-55-52(57)63-53(3,4)5/h21-24,50H,6-20,25-49H2,1-5H3,(H,54,56)(H,55,57)/b23-21-,24-22-.